The zero-order chi connectivity index (χ0) is 12.7. The van der Waals surface area contributed by atoms with Crippen molar-refractivity contribution in [2.75, 3.05) is 0 Å². The van der Waals surface area contributed by atoms with Crippen LogP contribution in [0.3, 0.4) is 0 Å². The van der Waals surface area contributed by atoms with Crippen molar-refractivity contribution >= 4 is 13.3 Å². The lowest BCUT2D eigenvalue weighted by atomic mass is 9.98. The Labute approximate surface area is 102 Å². The predicted molar refractivity (Wildman–Crippen MR) is 71.7 cm³/mol. The molecule has 0 spiro atoms. The highest BCUT2D eigenvalue weighted by atomic mass is 28.3. The minimum atomic E-state index is -1.83. The predicted octanol–water partition coefficient (Wildman–Crippen LogP) is 2.51. The zero-order valence-electron chi connectivity index (χ0n) is 10.4. The Morgan fingerprint density at radius 3 is 2.41 bits per heavy atom. The summed E-state index contributed by atoms with van der Waals surface area (Å²) in [6.07, 6.45) is 0. The molecule has 1 aromatic rings. The van der Waals surface area contributed by atoms with E-state index in [1.807, 2.05) is 25.1 Å². The Balaban J connectivity index is 2.43. The maximum Gasteiger partial charge on any atom is 0.238 e. The van der Waals surface area contributed by atoms with Crippen LogP contribution in [-0.2, 0) is 0 Å². The van der Waals surface area contributed by atoms with E-state index < -0.39 is 13.6 Å². The monoisotopic (exact) mass is 247 g/mol. The number of rotatable bonds is 2. The second-order valence-electron chi connectivity index (χ2n) is 5.32. The van der Waals surface area contributed by atoms with Gasteiger partial charge >= 0.3 is 0 Å². The first kappa shape index (κ1) is 12.0. The smallest absolute Gasteiger partial charge is 0.238 e. The number of benzene rings is 1. The van der Waals surface area contributed by atoms with Crippen LogP contribution in [0.4, 0.5) is 0 Å². The SMILES string of the molecule is CC1=C[Si](C)(c2ccccc2)CC1(C)[N+](=O)[O-]. The molecule has 1 aliphatic rings. The Kier molecular flexibility index (Phi) is 2.70. The van der Waals surface area contributed by atoms with Gasteiger partial charge in [-0.25, -0.2) is 0 Å². The molecule has 0 aliphatic carbocycles. The molecule has 3 nitrogen and oxygen atoms in total. The molecule has 90 valence electrons. The van der Waals surface area contributed by atoms with Crippen LogP contribution in [0.1, 0.15) is 13.8 Å². The first-order chi connectivity index (χ1) is 7.88. The average Bonchev–Trinajstić information content (AvgIpc) is 2.53. The van der Waals surface area contributed by atoms with Gasteiger partial charge in [-0.05, 0) is 12.5 Å². The van der Waals surface area contributed by atoms with Gasteiger partial charge < -0.3 is 0 Å². The summed E-state index contributed by atoms with van der Waals surface area (Å²) in [4.78, 5) is 11.1. The van der Waals surface area contributed by atoms with E-state index in [-0.39, 0.29) is 4.92 Å². The third-order valence-electron chi connectivity index (χ3n) is 3.93. The standard InChI is InChI=1S/C13H17NO2Si/c1-11-9-17(3,10-13(11,2)14(15)16)12-7-5-4-6-8-12/h4-9H,10H2,1-3H3. The highest BCUT2D eigenvalue weighted by Gasteiger charge is 2.52. The number of hydrogen-bond acceptors (Lipinski definition) is 2. The van der Waals surface area contributed by atoms with Crippen molar-refractivity contribution in [2.24, 2.45) is 0 Å². The van der Waals surface area contributed by atoms with E-state index in [1.165, 1.54) is 5.19 Å². The molecule has 0 fully saturated rings. The molecular weight excluding hydrogens is 230 g/mol. The largest absolute Gasteiger partial charge is 0.264 e. The van der Waals surface area contributed by atoms with Crippen LogP contribution in [0.2, 0.25) is 12.6 Å². The van der Waals surface area contributed by atoms with Crippen LogP contribution in [0.15, 0.2) is 41.6 Å². The molecular formula is C13H17NO2Si. The van der Waals surface area contributed by atoms with Crippen molar-refractivity contribution in [1.82, 2.24) is 0 Å². The Morgan fingerprint density at radius 1 is 1.35 bits per heavy atom. The fourth-order valence-corrected chi connectivity index (χ4v) is 7.28. The normalized spacial score (nSPS) is 32.3. The first-order valence-corrected chi connectivity index (χ1v) is 8.57. The van der Waals surface area contributed by atoms with Gasteiger partial charge in [0.1, 0.15) is 8.07 Å². The van der Waals surface area contributed by atoms with Crippen molar-refractivity contribution in [3.8, 4) is 0 Å². The summed E-state index contributed by atoms with van der Waals surface area (Å²) >= 11 is 0. The summed E-state index contributed by atoms with van der Waals surface area (Å²) in [5.41, 5.74) is 2.24. The Morgan fingerprint density at radius 2 is 1.94 bits per heavy atom. The van der Waals surface area contributed by atoms with Gasteiger partial charge in [-0.1, -0.05) is 47.8 Å². The number of nitrogens with zero attached hydrogens (tertiary/aromatic N) is 1. The van der Waals surface area contributed by atoms with Crippen molar-refractivity contribution < 1.29 is 4.92 Å². The van der Waals surface area contributed by atoms with Crippen LogP contribution < -0.4 is 5.19 Å². The van der Waals surface area contributed by atoms with Crippen LogP contribution in [0.25, 0.3) is 0 Å². The lowest BCUT2D eigenvalue weighted by Crippen LogP contribution is -2.46. The highest BCUT2D eigenvalue weighted by molar-refractivity contribution is 6.96. The Bertz CT molecular complexity index is 485. The van der Waals surface area contributed by atoms with Gasteiger partial charge in [0.25, 0.3) is 0 Å². The molecule has 2 atom stereocenters. The van der Waals surface area contributed by atoms with E-state index in [0.717, 1.165) is 5.57 Å². The minimum Gasteiger partial charge on any atom is -0.264 e. The van der Waals surface area contributed by atoms with Crippen molar-refractivity contribution in [3.05, 3.63) is 51.7 Å². The maximum absolute atomic E-state index is 11.2. The van der Waals surface area contributed by atoms with Crippen molar-refractivity contribution in [2.45, 2.75) is 32.0 Å². The number of hydrogen-bond donors (Lipinski definition) is 0. The highest BCUT2D eigenvalue weighted by Crippen LogP contribution is 2.38. The minimum absolute atomic E-state index is 0.125. The summed E-state index contributed by atoms with van der Waals surface area (Å²) in [6, 6.07) is 10.9. The third-order valence-corrected chi connectivity index (χ3v) is 8.08. The molecule has 0 radical (unpaired) electrons. The maximum atomic E-state index is 11.2. The summed E-state index contributed by atoms with van der Waals surface area (Å²) in [7, 11) is -1.83. The molecule has 2 rings (SSSR count). The van der Waals surface area contributed by atoms with Crippen LogP contribution >= 0.6 is 0 Å². The quantitative estimate of drug-likeness (QED) is 0.458. The van der Waals surface area contributed by atoms with Crippen LogP contribution in [-0.4, -0.2) is 18.5 Å². The van der Waals surface area contributed by atoms with Crippen LogP contribution in [0, 0.1) is 10.1 Å². The van der Waals surface area contributed by atoms with E-state index in [0.29, 0.717) is 6.04 Å². The topological polar surface area (TPSA) is 43.1 Å². The molecule has 0 saturated carbocycles. The van der Waals surface area contributed by atoms with Gasteiger partial charge in [-0.3, -0.25) is 10.1 Å². The summed E-state index contributed by atoms with van der Waals surface area (Å²) < 4.78 is 0. The first-order valence-electron chi connectivity index (χ1n) is 5.78. The van der Waals surface area contributed by atoms with E-state index in [2.05, 4.69) is 24.4 Å². The van der Waals surface area contributed by atoms with Crippen molar-refractivity contribution in [3.63, 3.8) is 0 Å². The zero-order valence-corrected chi connectivity index (χ0v) is 11.4. The molecule has 0 N–H and O–H groups in total. The molecule has 1 heterocycles. The molecule has 1 aromatic carbocycles. The van der Waals surface area contributed by atoms with Gasteiger partial charge in [0.2, 0.25) is 5.54 Å². The van der Waals surface area contributed by atoms with E-state index in [1.54, 1.807) is 6.92 Å². The molecule has 0 saturated heterocycles. The van der Waals surface area contributed by atoms with Gasteiger partial charge in [0, 0.05) is 17.9 Å². The molecule has 2 unspecified atom stereocenters. The van der Waals surface area contributed by atoms with E-state index in [9.17, 15) is 10.1 Å². The molecule has 1 aliphatic heterocycles. The lowest BCUT2D eigenvalue weighted by molar-refractivity contribution is -0.547. The molecule has 0 aromatic heterocycles. The van der Waals surface area contributed by atoms with E-state index in [4.69, 9.17) is 0 Å². The molecule has 0 bridgehead atoms. The van der Waals surface area contributed by atoms with Gasteiger partial charge in [-0.15, -0.1) is 0 Å². The molecule has 0 amide bonds. The van der Waals surface area contributed by atoms with Crippen LogP contribution in [0.5, 0.6) is 0 Å². The summed E-state index contributed by atoms with van der Waals surface area (Å²) in [5.74, 6) is 0. The second kappa shape index (κ2) is 3.80. The van der Waals surface area contributed by atoms with Gasteiger partial charge in [0.05, 0.1) is 0 Å². The fraction of sp³-hybridized carbons (Fsp3) is 0.385. The van der Waals surface area contributed by atoms with Gasteiger partial charge in [0.15, 0.2) is 0 Å². The lowest BCUT2D eigenvalue weighted by Gasteiger charge is -2.23. The number of nitro groups is 1. The summed E-state index contributed by atoms with van der Waals surface area (Å²) in [6.45, 7) is 5.85. The van der Waals surface area contributed by atoms with Gasteiger partial charge in [-0.2, -0.15) is 0 Å². The van der Waals surface area contributed by atoms with E-state index >= 15 is 0 Å². The third kappa shape index (κ3) is 1.82. The average molecular weight is 247 g/mol. The molecule has 17 heavy (non-hydrogen) atoms. The summed E-state index contributed by atoms with van der Waals surface area (Å²) in [5, 5.41) is 12.5. The second-order valence-corrected chi connectivity index (χ2v) is 9.37. The van der Waals surface area contributed by atoms with Crippen molar-refractivity contribution in [1.29, 1.82) is 0 Å². The fourth-order valence-electron chi connectivity index (χ4n) is 2.75. The Hall–Kier alpha value is -1.42. The molecule has 4 heteroatoms.